The number of hydrogen-bond donors (Lipinski definition) is 1. The Labute approximate surface area is 115 Å². The van der Waals surface area contributed by atoms with Crippen LogP contribution in [0.4, 0.5) is 0 Å². The molecule has 0 aliphatic carbocycles. The molecule has 4 heteroatoms. The van der Waals surface area contributed by atoms with Crippen LogP contribution in [-0.4, -0.2) is 10.1 Å². The minimum Gasteiger partial charge on any atom is -0.439 e. The molecule has 3 nitrogen and oxygen atoms in total. The Hall–Kier alpha value is -1.39. The Balaban J connectivity index is 2.13. The molecule has 0 bridgehead atoms. The third-order valence-corrected chi connectivity index (χ3v) is 2.95. The van der Waals surface area contributed by atoms with Crippen molar-refractivity contribution in [2.24, 2.45) is 0 Å². The molecule has 0 atom stereocenters. The zero-order valence-corrected chi connectivity index (χ0v) is 11.8. The second-order valence-electron chi connectivity index (χ2n) is 4.50. The van der Waals surface area contributed by atoms with E-state index in [2.05, 4.69) is 20.9 Å². The van der Waals surface area contributed by atoms with Crippen LogP contribution in [0, 0.1) is 0 Å². The molecule has 0 radical (unpaired) electrons. The Bertz CT molecular complexity index is 515. The van der Waals surface area contributed by atoms with Crippen LogP contribution in [-0.2, 0) is 5.60 Å². The monoisotopic (exact) mass is 307 g/mol. The average Bonchev–Trinajstić information content (AvgIpc) is 2.32. The maximum absolute atomic E-state index is 9.84. The molecule has 0 fully saturated rings. The fraction of sp³-hybridized carbons (Fsp3) is 0.214. The molecular formula is C14H14BrNO2. The molecular weight excluding hydrogens is 294 g/mol. The first kappa shape index (κ1) is 13.1. The van der Waals surface area contributed by atoms with E-state index in [4.69, 9.17) is 4.74 Å². The fourth-order valence-electron chi connectivity index (χ4n) is 1.47. The van der Waals surface area contributed by atoms with Gasteiger partial charge in [0.05, 0.1) is 5.60 Å². The largest absolute Gasteiger partial charge is 0.439 e. The van der Waals surface area contributed by atoms with Crippen molar-refractivity contribution in [3.63, 3.8) is 0 Å². The lowest BCUT2D eigenvalue weighted by atomic mass is 9.99. The van der Waals surface area contributed by atoms with Gasteiger partial charge in [-0.3, -0.25) is 0 Å². The van der Waals surface area contributed by atoms with Gasteiger partial charge in [-0.1, -0.05) is 12.1 Å². The van der Waals surface area contributed by atoms with Crippen LogP contribution >= 0.6 is 15.9 Å². The third kappa shape index (κ3) is 3.31. The van der Waals surface area contributed by atoms with Gasteiger partial charge in [0.15, 0.2) is 0 Å². The lowest BCUT2D eigenvalue weighted by Crippen LogP contribution is -2.14. The van der Waals surface area contributed by atoms with Crippen LogP contribution < -0.4 is 4.74 Å². The molecule has 0 aliphatic heterocycles. The predicted molar refractivity (Wildman–Crippen MR) is 73.7 cm³/mol. The van der Waals surface area contributed by atoms with Gasteiger partial charge in [-0.15, -0.1) is 0 Å². The van der Waals surface area contributed by atoms with E-state index in [9.17, 15) is 5.11 Å². The van der Waals surface area contributed by atoms with Crippen LogP contribution in [0.15, 0.2) is 47.1 Å². The van der Waals surface area contributed by atoms with Gasteiger partial charge in [0.2, 0.25) is 5.88 Å². The van der Waals surface area contributed by atoms with Crippen molar-refractivity contribution in [1.29, 1.82) is 0 Å². The molecule has 18 heavy (non-hydrogen) atoms. The normalized spacial score (nSPS) is 11.3. The summed E-state index contributed by atoms with van der Waals surface area (Å²) in [6.45, 7) is 3.50. The summed E-state index contributed by atoms with van der Waals surface area (Å²) in [5, 5.41) is 9.84. The zero-order chi connectivity index (χ0) is 13.2. The smallest absolute Gasteiger partial charge is 0.219 e. The number of nitrogens with zero attached hydrogens (tertiary/aromatic N) is 1. The van der Waals surface area contributed by atoms with Crippen LogP contribution in [0.2, 0.25) is 0 Å². The molecule has 0 unspecified atom stereocenters. The van der Waals surface area contributed by atoms with Crippen molar-refractivity contribution < 1.29 is 9.84 Å². The second-order valence-corrected chi connectivity index (χ2v) is 5.42. The Morgan fingerprint density at radius 3 is 2.28 bits per heavy atom. The Morgan fingerprint density at radius 1 is 1.11 bits per heavy atom. The topological polar surface area (TPSA) is 42.4 Å². The molecule has 0 saturated carbocycles. The number of benzene rings is 1. The van der Waals surface area contributed by atoms with Crippen molar-refractivity contribution >= 4 is 15.9 Å². The predicted octanol–water partition coefficient (Wildman–Crippen LogP) is 3.86. The first-order valence-corrected chi connectivity index (χ1v) is 6.37. The lowest BCUT2D eigenvalue weighted by molar-refractivity contribution is 0.0786. The molecule has 2 aromatic rings. The van der Waals surface area contributed by atoms with E-state index in [-0.39, 0.29) is 0 Å². The summed E-state index contributed by atoms with van der Waals surface area (Å²) < 4.78 is 6.50. The number of hydrogen-bond acceptors (Lipinski definition) is 3. The highest BCUT2D eigenvalue weighted by molar-refractivity contribution is 9.10. The molecule has 2 rings (SSSR count). The second kappa shape index (κ2) is 5.08. The number of aliphatic hydroxyl groups is 1. The van der Waals surface area contributed by atoms with E-state index in [1.807, 2.05) is 30.3 Å². The first-order chi connectivity index (χ1) is 8.45. The fourth-order valence-corrected chi connectivity index (χ4v) is 1.71. The summed E-state index contributed by atoms with van der Waals surface area (Å²) in [7, 11) is 0. The molecule has 1 heterocycles. The Morgan fingerprint density at radius 2 is 1.78 bits per heavy atom. The molecule has 1 aromatic heterocycles. The minimum atomic E-state index is -0.839. The molecule has 1 N–H and O–H groups in total. The summed E-state index contributed by atoms with van der Waals surface area (Å²) in [5.74, 6) is 1.23. The van der Waals surface area contributed by atoms with Crippen molar-refractivity contribution in [2.45, 2.75) is 19.4 Å². The van der Waals surface area contributed by atoms with Crippen LogP contribution in [0.3, 0.4) is 0 Å². The summed E-state index contributed by atoms with van der Waals surface area (Å²) in [6.07, 6.45) is 1.68. The van der Waals surface area contributed by atoms with E-state index in [0.29, 0.717) is 11.6 Å². The molecule has 0 aliphatic rings. The number of halogens is 1. The molecule has 0 amide bonds. The van der Waals surface area contributed by atoms with Gasteiger partial charge in [-0.25, -0.2) is 4.98 Å². The number of pyridine rings is 1. The van der Waals surface area contributed by atoms with Gasteiger partial charge in [-0.2, -0.15) is 0 Å². The number of aromatic nitrogens is 1. The highest BCUT2D eigenvalue weighted by Gasteiger charge is 2.15. The van der Waals surface area contributed by atoms with Crippen molar-refractivity contribution in [2.75, 3.05) is 0 Å². The van der Waals surface area contributed by atoms with E-state index in [0.717, 1.165) is 10.0 Å². The van der Waals surface area contributed by atoms with Gasteiger partial charge >= 0.3 is 0 Å². The Kier molecular flexibility index (Phi) is 3.68. The zero-order valence-electron chi connectivity index (χ0n) is 10.2. The van der Waals surface area contributed by atoms with Crippen molar-refractivity contribution in [3.8, 4) is 11.6 Å². The molecule has 0 saturated heterocycles. The quantitative estimate of drug-likeness (QED) is 0.936. The van der Waals surface area contributed by atoms with Gasteiger partial charge in [0.25, 0.3) is 0 Å². The van der Waals surface area contributed by atoms with E-state index in [1.165, 1.54) is 0 Å². The molecule has 94 valence electrons. The van der Waals surface area contributed by atoms with E-state index >= 15 is 0 Å². The number of rotatable bonds is 3. The van der Waals surface area contributed by atoms with Crippen LogP contribution in [0.1, 0.15) is 19.4 Å². The van der Waals surface area contributed by atoms with Crippen molar-refractivity contribution in [3.05, 3.63) is 52.6 Å². The maximum Gasteiger partial charge on any atom is 0.219 e. The first-order valence-electron chi connectivity index (χ1n) is 5.57. The minimum absolute atomic E-state index is 0.536. The summed E-state index contributed by atoms with van der Waals surface area (Å²) >= 11 is 3.32. The maximum atomic E-state index is 9.84. The van der Waals surface area contributed by atoms with Crippen LogP contribution in [0.25, 0.3) is 0 Å². The highest BCUT2D eigenvalue weighted by Crippen LogP contribution is 2.25. The summed E-state index contributed by atoms with van der Waals surface area (Å²) in [6, 6.07) is 11.0. The average molecular weight is 308 g/mol. The van der Waals surface area contributed by atoms with E-state index in [1.54, 1.807) is 26.1 Å². The summed E-state index contributed by atoms with van der Waals surface area (Å²) in [4.78, 5) is 4.13. The van der Waals surface area contributed by atoms with Gasteiger partial charge in [0, 0.05) is 16.7 Å². The standard InChI is InChI=1S/C14H14BrNO2/c1-14(2,17)10-3-6-12(7-4-10)18-13-8-5-11(15)9-16-13/h3-9,17H,1-2H3. The summed E-state index contributed by atoms with van der Waals surface area (Å²) in [5.41, 5.74) is 0.00704. The van der Waals surface area contributed by atoms with Gasteiger partial charge in [-0.05, 0) is 53.5 Å². The highest BCUT2D eigenvalue weighted by atomic mass is 79.9. The lowest BCUT2D eigenvalue weighted by Gasteiger charge is -2.17. The number of ether oxygens (including phenoxy) is 1. The third-order valence-electron chi connectivity index (χ3n) is 2.48. The molecule has 0 spiro atoms. The van der Waals surface area contributed by atoms with E-state index < -0.39 is 5.60 Å². The van der Waals surface area contributed by atoms with Gasteiger partial charge < -0.3 is 9.84 Å². The molecule has 1 aromatic carbocycles. The van der Waals surface area contributed by atoms with Gasteiger partial charge in [0.1, 0.15) is 5.75 Å². The van der Waals surface area contributed by atoms with Crippen molar-refractivity contribution in [1.82, 2.24) is 4.98 Å². The SMILES string of the molecule is CC(C)(O)c1ccc(Oc2ccc(Br)cn2)cc1. The van der Waals surface area contributed by atoms with Crippen LogP contribution in [0.5, 0.6) is 11.6 Å².